The summed E-state index contributed by atoms with van der Waals surface area (Å²) in [6.07, 6.45) is 0.0890. The fraction of sp³-hybridized carbons (Fsp3) is 0.222. The Morgan fingerprint density at radius 2 is 1.81 bits per heavy atom. The number of amides is 2. The summed E-state index contributed by atoms with van der Waals surface area (Å²) in [5.41, 5.74) is 2.33. The second-order valence-corrected chi connectivity index (χ2v) is 6.69. The van der Waals surface area contributed by atoms with Crippen molar-refractivity contribution in [1.82, 2.24) is 5.32 Å². The minimum atomic E-state index is -0.552. The molecule has 7 nitrogen and oxygen atoms in total. The largest absolute Gasteiger partial charge is 0.352 e. The van der Waals surface area contributed by atoms with Gasteiger partial charge in [-0.1, -0.05) is 28.1 Å². The lowest BCUT2D eigenvalue weighted by atomic mass is 10.1. The van der Waals surface area contributed by atoms with Crippen molar-refractivity contribution in [2.45, 2.75) is 20.3 Å². The summed E-state index contributed by atoms with van der Waals surface area (Å²) >= 11 is 3.35. The highest BCUT2D eigenvalue weighted by Gasteiger charge is 2.15. The van der Waals surface area contributed by atoms with Gasteiger partial charge in [0.15, 0.2) is 0 Å². The zero-order valence-corrected chi connectivity index (χ0v) is 15.9. The lowest BCUT2D eigenvalue weighted by Gasteiger charge is -2.10. The molecule has 0 spiro atoms. The Morgan fingerprint density at radius 1 is 1.12 bits per heavy atom. The van der Waals surface area contributed by atoms with E-state index in [9.17, 15) is 19.7 Å². The highest BCUT2D eigenvalue weighted by molar-refractivity contribution is 9.10. The maximum absolute atomic E-state index is 12.2. The number of nitrogens with one attached hydrogen (secondary N) is 2. The number of aryl methyl sites for hydroxylation is 2. The molecule has 2 aromatic carbocycles. The maximum Gasteiger partial charge on any atom is 0.270 e. The molecule has 0 aromatic heterocycles. The SMILES string of the molecule is Cc1ccc(Br)cc1NC(=O)CCNC(=O)c1cc([N+](=O)[O-])ccc1C. The van der Waals surface area contributed by atoms with Gasteiger partial charge in [0.25, 0.3) is 11.6 Å². The molecule has 0 aliphatic carbocycles. The number of carbonyl (C=O) groups excluding carboxylic acids is 2. The van der Waals surface area contributed by atoms with E-state index in [1.54, 1.807) is 13.0 Å². The van der Waals surface area contributed by atoms with Gasteiger partial charge in [0.2, 0.25) is 5.91 Å². The summed E-state index contributed by atoms with van der Waals surface area (Å²) in [5, 5.41) is 16.2. The molecule has 26 heavy (non-hydrogen) atoms. The molecule has 0 aliphatic rings. The van der Waals surface area contributed by atoms with Crippen molar-refractivity contribution in [2.75, 3.05) is 11.9 Å². The van der Waals surface area contributed by atoms with Gasteiger partial charge in [0, 0.05) is 40.8 Å². The molecule has 136 valence electrons. The van der Waals surface area contributed by atoms with Crippen LogP contribution in [0.4, 0.5) is 11.4 Å². The first-order valence-electron chi connectivity index (χ1n) is 7.87. The van der Waals surface area contributed by atoms with Crippen LogP contribution < -0.4 is 10.6 Å². The average Bonchev–Trinajstić information content (AvgIpc) is 2.58. The molecule has 0 saturated carbocycles. The second kappa shape index (κ2) is 8.57. The molecule has 0 unspecified atom stereocenters. The summed E-state index contributed by atoms with van der Waals surface area (Å²) in [5.74, 6) is -0.681. The van der Waals surface area contributed by atoms with E-state index in [1.165, 1.54) is 18.2 Å². The van der Waals surface area contributed by atoms with Crippen LogP contribution >= 0.6 is 15.9 Å². The third kappa shape index (κ3) is 5.13. The minimum absolute atomic E-state index is 0.0890. The minimum Gasteiger partial charge on any atom is -0.352 e. The third-order valence-corrected chi connectivity index (χ3v) is 4.28. The van der Waals surface area contributed by atoms with E-state index in [2.05, 4.69) is 26.6 Å². The van der Waals surface area contributed by atoms with Crippen molar-refractivity contribution in [2.24, 2.45) is 0 Å². The predicted octanol–water partition coefficient (Wildman–Crippen LogP) is 3.73. The third-order valence-electron chi connectivity index (χ3n) is 3.79. The number of carbonyl (C=O) groups is 2. The number of nitro groups is 1. The molecule has 0 heterocycles. The molecule has 0 bridgehead atoms. The van der Waals surface area contributed by atoms with Gasteiger partial charge in [0.05, 0.1) is 4.92 Å². The molecule has 8 heteroatoms. The number of hydrogen-bond acceptors (Lipinski definition) is 4. The normalized spacial score (nSPS) is 10.3. The molecule has 0 atom stereocenters. The van der Waals surface area contributed by atoms with Gasteiger partial charge in [0.1, 0.15) is 0 Å². The van der Waals surface area contributed by atoms with Crippen LogP contribution in [0, 0.1) is 24.0 Å². The fourth-order valence-electron chi connectivity index (χ4n) is 2.29. The second-order valence-electron chi connectivity index (χ2n) is 5.77. The lowest BCUT2D eigenvalue weighted by molar-refractivity contribution is -0.384. The zero-order valence-electron chi connectivity index (χ0n) is 14.3. The lowest BCUT2D eigenvalue weighted by Crippen LogP contribution is -2.28. The summed E-state index contributed by atoms with van der Waals surface area (Å²) in [4.78, 5) is 34.5. The van der Waals surface area contributed by atoms with Crippen LogP contribution in [-0.4, -0.2) is 23.3 Å². The number of non-ortho nitro benzene ring substituents is 1. The number of anilines is 1. The van der Waals surface area contributed by atoms with E-state index >= 15 is 0 Å². The molecule has 2 N–H and O–H groups in total. The Bertz CT molecular complexity index is 868. The summed E-state index contributed by atoms with van der Waals surface area (Å²) in [7, 11) is 0. The van der Waals surface area contributed by atoms with Crippen molar-refractivity contribution in [3.63, 3.8) is 0 Å². The number of rotatable bonds is 6. The quantitative estimate of drug-likeness (QED) is 0.549. The van der Waals surface area contributed by atoms with Crippen molar-refractivity contribution in [3.05, 3.63) is 67.7 Å². The molecule has 0 aliphatic heterocycles. The van der Waals surface area contributed by atoms with E-state index in [0.717, 1.165) is 10.0 Å². The van der Waals surface area contributed by atoms with Crippen LogP contribution in [0.5, 0.6) is 0 Å². The van der Waals surface area contributed by atoms with Gasteiger partial charge in [-0.2, -0.15) is 0 Å². The van der Waals surface area contributed by atoms with Crippen molar-refractivity contribution < 1.29 is 14.5 Å². The first-order chi connectivity index (χ1) is 12.3. The topological polar surface area (TPSA) is 101 Å². The van der Waals surface area contributed by atoms with Crippen LogP contribution in [0.15, 0.2) is 40.9 Å². The summed E-state index contributed by atoms with van der Waals surface area (Å²) in [6.45, 7) is 3.70. The zero-order chi connectivity index (χ0) is 19.3. The summed E-state index contributed by atoms with van der Waals surface area (Å²) in [6, 6.07) is 9.67. The first-order valence-corrected chi connectivity index (χ1v) is 8.66. The van der Waals surface area contributed by atoms with Crippen molar-refractivity contribution >= 4 is 39.1 Å². The monoisotopic (exact) mass is 419 g/mol. The Labute approximate surface area is 159 Å². The molecular formula is C18H18BrN3O4. The van der Waals surface area contributed by atoms with Crippen molar-refractivity contribution in [1.29, 1.82) is 0 Å². The predicted molar refractivity (Wildman–Crippen MR) is 102 cm³/mol. The standard InChI is InChI=1S/C18H18BrN3O4/c1-11-4-6-14(22(25)26)10-15(11)18(24)20-8-7-17(23)21-16-9-13(19)5-3-12(16)2/h3-6,9-10H,7-8H2,1-2H3,(H,20,24)(H,21,23). The number of nitrogens with zero attached hydrogens (tertiary/aromatic N) is 1. The Kier molecular flexibility index (Phi) is 6.46. The average molecular weight is 420 g/mol. The number of nitro benzene ring substituents is 1. The number of benzene rings is 2. The first kappa shape index (κ1) is 19.6. The molecule has 2 amide bonds. The smallest absolute Gasteiger partial charge is 0.270 e. The van der Waals surface area contributed by atoms with Gasteiger partial charge in [-0.3, -0.25) is 19.7 Å². The van der Waals surface area contributed by atoms with Crippen LogP contribution in [-0.2, 0) is 4.79 Å². The summed E-state index contributed by atoms with van der Waals surface area (Å²) < 4.78 is 0.854. The Morgan fingerprint density at radius 3 is 2.50 bits per heavy atom. The highest BCUT2D eigenvalue weighted by Crippen LogP contribution is 2.21. The van der Waals surface area contributed by atoms with E-state index in [0.29, 0.717) is 11.3 Å². The van der Waals surface area contributed by atoms with Gasteiger partial charge in [-0.05, 0) is 37.1 Å². The van der Waals surface area contributed by atoms with Crippen LogP contribution in [0.25, 0.3) is 0 Å². The number of halogens is 1. The Balaban J connectivity index is 1.92. The van der Waals surface area contributed by atoms with Crippen LogP contribution in [0.1, 0.15) is 27.9 Å². The van der Waals surface area contributed by atoms with E-state index in [4.69, 9.17) is 0 Å². The van der Waals surface area contributed by atoms with Gasteiger partial charge < -0.3 is 10.6 Å². The fourth-order valence-corrected chi connectivity index (χ4v) is 2.66. The molecule has 2 aromatic rings. The number of hydrogen-bond donors (Lipinski definition) is 2. The molecule has 0 saturated heterocycles. The van der Waals surface area contributed by atoms with Crippen molar-refractivity contribution in [3.8, 4) is 0 Å². The van der Waals surface area contributed by atoms with Crippen LogP contribution in [0.2, 0.25) is 0 Å². The van der Waals surface area contributed by atoms with E-state index < -0.39 is 10.8 Å². The molecule has 2 rings (SSSR count). The molecule has 0 radical (unpaired) electrons. The van der Waals surface area contributed by atoms with E-state index in [-0.39, 0.29) is 30.1 Å². The van der Waals surface area contributed by atoms with Gasteiger partial charge in [-0.15, -0.1) is 0 Å². The van der Waals surface area contributed by atoms with Crippen LogP contribution in [0.3, 0.4) is 0 Å². The van der Waals surface area contributed by atoms with Gasteiger partial charge >= 0.3 is 0 Å². The molecular weight excluding hydrogens is 402 g/mol. The molecule has 0 fully saturated rings. The van der Waals surface area contributed by atoms with E-state index in [1.807, 2.05) is 19.1 Å². The maximum atomic E-state index is 12.2. The highest BCUT2D eigenvalue weighted by atomic mass is 79.9. The van der Waals surface area contributed by atoms with Gasteiger partial charge in [-0.25, -0.2) is 0 Å². The Hall–Kier alpha value is -2.74.